The first-order valence-electron chi connectivity index (χ1n) is 6.18. The molecular weight excluding hydrogens is 339 g/mol. The van der Waals surface area contributed by atoms with Gasteiger partial charge < -0.3 is 9.63 Å². The van der Waals surface area contributed by atoms with E-state index in [4.69, 9.17) is 4.52 Å². The molecule has 6 heteroatoms. The van der Waals surface area contributed by atoms with E-state index in [2.05, 4.69) is 26.1 Å². The van der Waals surface area contributed by atoms with Crippen LogP contribution in [0.15, 0.2) is 51.5 Å². The molecule has 4 nitrogen and oxygen atoms in total. The van der Waals surface area contributed by atoms with E-state index in [0.717, 1.165) is 0 Å². The maximum absolute atomic E-state index is 13.4. The fourth-order valence-electron chi connectivity index (χ4n) is 1.95. The van der Waals surface area contributed by atoms with Gasteiger partial charge in [-0.25, -0.2) is 4.39 Å². The maximum atomic E-state index is 13.4. The van der Waals surface area contributed by atoms with E-state index in [1.54, 1.807) is 24.3 Å². The highest BCUT2D eigenvalue weighted by atomic mass is 79.9. The van der Waals surface area contributed by atoms with E-state index >= 15 is 0 Å². The minimum atomic E-state index is -0.383. The Morgan fingerprint density at radius 1 is 1.19 bits per heavy atom. The predicted octanol–water partition coefficient (Wildman–Crippen LogP) is 3.93. The Balaban J connectivity index is 1.88. The van der Waals surface area contributed by atoms with E-state index in [1.807, 2.05) is 6.07 Å². The molecule has 0 saturated carbocycles. The molecule has 3 aromatic rings. The number of phenolic OH excluding ortho intramolecular Hbond substituents is 1. The van der Waals surface area contributed by atoms with E-state index in [1.165, 1.54) is 12.1 Å². The minimum Gasteiger partial charge on any atom is -0.508 e. The van der Waals surface area contributed by atoms with Crippen molar-refractivity contribution in [3.05, 3.63) is 64.2 Å². The lowest BCUT2D eigenvalue weighted by atomic mass is 10.1. The number of aromatic hydroxyl groups is 1. The number of hydrogen-bond acceptors (Lipinski definition) is 4. The van der Waals surface area contributed by atoms with Crippen LogP contribution in [0.3, 0.4) is 0 Å². The Morgan fingerprint density at radius 3 is 2.76 bits per heavy atom. The van der Waals surface area contributed by atoms with Gasteiger partial charge in [0.2, 0.25) is 11.7 Å². The second-order valence-electron chi connectivity index (χ2n) is 4.48. The van der Waals surface area contributed by atoms with Crippen molar-refractivity contribution in [1.29, 1.82) is 0 Å². The summed E-state index contributed by atoms with van der Waals surface area (Å²) in [6.45, 7) is 0. The van der Waals surface area contributed by atoms with Crippen molar-refractivity contribution < 1.29 is 14.0 Å². The summed E-state index contributed by atoms with van der Waals surface area (Å²) in [5, 5.41) is 13.6. The van der Waals surface area contributed by atoms with Gasteiger partial charge in [-0.1, -0.05) is 39.3 Å². The Morgan fingerprint density at radius 2 is 2.00 bits per heavy atom. The standard InChI is InChI=1S/C15H10BrFN2O2/c16-11-5-10(6-12(17)8-11)15-18-14(21-19-15)7-9-3-1-2-4-13(9)20/h1-6,8,20H,7H2. The fourth-order valence-corrected chi connectivity index (χ4v) is 2.42. The van der Waals surface area contributed by atoms with Crippen molar-refractivity contribution >= 4 is 15.9 Å². The number of aromatic nitrogens is 2. The van der Waals surface area contributed by atoms with Crippen molar-refractivity contribution in [3.8, 4) is 17.1 Å². The van der Waals surface area contributed by atoms with Gasteiger partial charge >= 0.3 is 0 Å². The molecule has 0 radical (unpaired) electrons. The highest BCUT2D eigenvalue weighted by molar-refractivity contribution is 9.10. The zero-order valence-electron chi connectivity index (χ0n) is 10.8. The van der Waals surface area contributed by atoms with E-state index < -0.39 is 0 Å². The summed E-state index contributed by atoms with van der Waals surface area (Å²) in [5.74, 6) is 0.449. The molecule has 0 fully saturated rings. The lowest BCUT2D eigenvalue weighted by molar-refractivity contribution is 0.383. The van der Waals surface area contributed by atoms with Crippen LogP contribution >= 0.6 is 15.9 Å². The molecule has 0 bridgehead atoms. The van der Waals surface area contributed by atoms with Gasteiger partial charge in [-0.3, -0.25) is 0 Å². The van der Waals surface area contributed by atoms with Crippen LogP contribution in [0.4, 0.5) is 4.39 Å². The topological polar surface area (TPSA) is 59.2 Å². The van der Waals surface area contributed by atoms with Crippen molar-refractivity contribution in [3.63, 3.8) is 0 Å². The summed E-state index contributed by atoms with van der Waals surface area (Å²) < 4.78 is 19.1. The van der Waals surface area contributed by atoms with Crippen LogP contribution < -0.4 is 0 Å². The van der Waals surface area contributed by atoms with Crippen LogP contribution in [-0.4, -0.2) is 15.2 Å². The van der Waals surface area contributed by atoms with Crippen LogP contribution in [0.2, 0.25) is 0 Å². The molecule has 0 aliphatic carbocycles. The molecule has 0 aliphatic rings. The highest BCUT2D eigenvalue weighted by Crippen LogP contribution is 2.24. The van der Waals surface area contributed by atoms with Crippen molar-refractivity contribution in [2.75, 3.05) is 0 Å². The quantitative estimate of drug-likeness (QED) is 0.778. The van der Waals surface area contributed by atoms with E-state index in [9.17, 15) is 9.50 Å². The van der Waals surface area contributed by atoms with Crippen molar-refractivity contribution in [1.82, 2.24) is 10.1 Å². The van der Waals surface area contributed by atoms with Crippen LogP contribution in [0, 0.1) is 5.82 Å². The molecule has 106 valence electrons. The van der Waals surface area contributed by atoms with Crippen LogP contribution in [0.1, 0.15) is 11.5 Å². The number of benzene rings is 2. The summed E-state index contributed by atoms with van der Waals surface area (Å²) in [4.78, 5) is 4.22. The average molecular weight is 349 g/mol. The second-order valence-corrected chi connectivity index (χ2v) is 5.39. The third kappa shape index (κ3) is 3.11. The van der Waals surface area contributed by atoms with Gasteiger partial charge in [-0.05, 0) is 24.3 Å². The molecule has 1 aromatic heterocycles. The molecule has 1 heterocycles. The second kappa shape index (κ2) is 5.65. The Labute approximate surface area is 128 Å². The third-order valence-corrected chi connectivity index (χ3v) is 3.38. The zero-order chi connectivity index (χ0) is 14.8. The van der Waals surface area contributed by atoms with Crippen LogP contribution in [-0.2, 0) is 6.42 Å². The average Bonchev–Trinajstić information content (AvgIpc) is 2.89. The molecule has 0 unspecified atom stereocenters. The van der Waals surface area contributed by atoms with Gasteiger partial charge in [0, 0.05) is 15.6 Å². The van der Waals surface area contributed by atoms with Gasteiger partial charge in [-0.2, -0.15) is 4.98 Å². The Kier molecular flexibility index (Phi) is 3.70. The molecule has 1 N–H and O–H groups in total. The minimum absolute atomic E-state index is 0.172. The first kappa shape index (κ1) is 13.8. The first-order valence-corrected chi connectivity index (χ1v) is 6.97. The van der Waals surface area contributed by atoms with Crippen molar-refractivity contribution in [2.24, 2.45) is 0 Å². The largest absolute Gasteiger partial charge is 0.508 e. The molecule has 0 aliphatic heterocycles. The molecule has 3 rings (SSSR count). The summed E-state index contributed by atoms with van der Waals surface area (Å²) in [6, 6.07) is 11.3. The molecule has 2 aromatic carbocycles. The van der Waals surface area contributed by atoms with Gasteiger partial charge in [0.15, 0.2) is 0 Å². The predicted molar refractivity (Wildman–Crippen MR) is 78.3 cm³/mol. The Hall–Kier alpha value is -2.21. The van der Waals surface area contributed by atoms with Gasteiger partial charge in [0.25, 0.3) is 0 Å². The van der Waals surface area contributed by atoms with Crippen molar-refractivity contribution in [2.45, 2.75) is 6.42 Å². The van der Waals surface area contributed by atoms with Crippen LogP contribution in [0.25, 0.3) is 11.4 Å². The number of rotatable bonds is 3. The number of hydrogen-bond donors (Lipinski definition) is 1. The number of phenols is 1. The summed E-state index contributed by atoms with van der Waals surface area (Å²) >= 11 is 3.22. The monoisotopic (exact) mass is 348 g/mol. The molecular formula is C15H10BrFN2O2. The van der Waals surface area contributed by atoms with E-state index in [-0.39, 0.29) is 11.6 Å². The third-order valence-electron chi connectivity index (χ3n) is 2.92. The van der Waals surface area contributed by atoms with Gasteiger partial charge in [0.1, 0.15) is 11.6 Å². The summed E-state index contributed by atoms with van der Waals surface area (Å²) in [5.41, 5.74) is 1.21. The molecule has 0 saturated heterocycles. The number of nitrogens with zero attached hydrogens (tertiary/aromatic N) is 2. The maximum Gasteiger partial charge on any atom is 0.231 e. The lowest BCUT2D eigenvalue weighted by Gasteiger charge is -1.99. The summed E-state index contributed by atoms with van der Waals surface area (Å²) in [7, 11) is 0. The number of para-hydroxylation sites is 1. The normalized spacial score (nSPS) is 10.8. The zero-order valence-corrected chi connectivity index (χ0v) is 12.3. The van der Waals surface area contributed by atoms with Crippen LogP contribution in [0.5, 0.6) is 5.75 Å². The van der Waals surface area contributed by atoms with Gasteiger partial charge in [0.05, 0.1) is 6.42 Å². The van der Waals surface area contributed by atoms with Gasteiger partial charge in [-0.15, -0.1) is 0 Å². The Bertz CT molecular complexity index is 769. The number of halogens is 2. The molecule has 0 amide bonds. The first-order chi connectivity index (χ1) is 10.1. The SMILES string of the molecule is Oc1ccccc1Cc1nc(-c2cc(F)cc(Br)c2)no1. The lowest BCUT2D eigenvalue weighted by Crippen LogP contribution is -1.89. The van der Waals surface area contributed by atoms with E-state index in [0.29, 0.717) is 33.7 Å². The molecule has 0 atom stereocenters. The smallest absolute Gasteiger partial charge is 0.231 e. The molecule has 21 heavy (non-hydrogen) atoms. The highest BCUT2D eigenvalue weighted by Gasteiger charge is 2.12. The summed E-state index contributed by atoms with van der Waals surface area (Å²) in [6.07, 6.45) is 0.316. The fraction of sp³-hybridized carbons (Fsp3) is 0.0667. The molecule has 0 spiro atoms.